The van der Waals surface area contributed by atoms with Gasteiger partial charge >= 0.3 is 0 Å². The van der Waals surface area contributed by atoms with Gasteiger partial charge in [0.1, 0.15) is 23.7 Å². The summed E-state index contributed by atoms with van der Waals surface area (Å²) in [6.07, 6.45) is 3.11. The van der Waals surface area contributed by atoms with E-state index in [1.54, 1.807) is 0 Å². The van der Waals surface area contributed by atoms with Crippen LogP contribution < -0.4 is 9.47 Å². The number of hydrogen-bond acceptors (Lipinski definition) is 3. The molecule has 3 heteroatoms. The zero-order valence-electron chi connectivity index (χ0n) is 15.4. The minimum Gasteiger partial charge on any atom is -0.492 e. The Morgan fingerprint density at radius 3 is 2.36 bits per heavy atom. The maximum Gasteiger partial charge on any atom is 0.122 e. The Morgan fingerprint density at radius 1 is 0.960 bits per heavy atom. The number of hydrogen-bond donors (Lipinski definition) is 0. The molecule has 0 amide bonds. The molecule has 0 radical (unpaired) electrons. The van der Waals surface area contributed by atoms with Crippen LogP contribution in [-0.4, -0.2) is 36.7 Å². The van der Waals surface area contributed by atoms with E-state index in [0.29, 0.717) is 0 Å². The third-order valence-corrected chi connectivity index (χ3v) is 5.04. The number of ether oxygens (including phenoxy) is 2. The van der Waals surface area contributed by atoms with E-state index in [2.05, 4.69) is 36.9 Å². The molecule has 1 aliphatic heterocycles. The quantitative estimate of drug-likeness (QED) is 0.738. The average Bonchev–Trinajstić information content (AvgIpc) is 2.64. The molecular formula is C22H29NO2. The van der Waals surface area contributed by atoms with Gasteiger partial charge < -0.3 is 9.47 Å². The molecule has 0 aliphatic carbocycles. The first kappa shape index (κ1) is 17.8. The molecule has 134 valence electrons. The fourth-order valence-electron chi connectivity index (χ4n) is 3.35. The minimum absolute atomic E-state index is 0.0620. The Morgan fingerprint density at radius 2 is 1.64 bits per heavy atom. The number of aryl methyl sites for hydroxylation is 1. The van der Waals surface area contributed by atoms with E-state index >= 15 is 0 Å². The van der Waals surface area contributed by atoms with E-state index in [9.17, 15) is 0 Å². The summed E-state index contributed by atoms with van der Waals surface area (Å²) in [7, 11) is 0. The molecule has 3 nitrogen and oxygen atoms in total. The van der Waals surface area contributed by atoms with E-state index in [1.165, 1.54) is 5.56 Å². The number of piperidine rings is 1. The summed E-state index contributed by atoms with van der Waals surface area (Å²) in [5.41, 5.74) is 1.22. The molecule has 1 aliphatic rings. The Balaban J connectivity index is 1.43. The number of benzene rings is 2. The van der Waals surface area contributed by atoms with Crippen LogP contribution in [0.25, 0.3) is 0 Å². The molecule has 1 fully saturated rings. The van der Waals surface area contributed by atoms with Crippen LogP contribution in [0.15, 0.2) is 54.6 Å². The minimum atomic E-state index is -0.0620. The maximum absolute atomic E-state index is 6.24. The molecule has 2 aromatic rings. The van der Waals surface area contributed by atoms with Gasteiger partial charge in [-0.25, -0.2) is 0 Å². The van der Waals surface area contributed by atoms with Crippen LogP contribution in [0.5, 0.6) is 11.5 Å². The lowest BCUT2D eigenvalue weighted by Gasteiger charge is -2.39. The van der Waals surface area contributed by atoms with Crippen molar-refractivity contribution in [2.45, 2.75) is 38.7 Å². The van der Waals surface area contributed by atoms with Crippen LogP contribution in [0.3, 0.4) is 0 Å². The lowest BCUT2D eigenvalue weighted by Crippen LogP contribution is -2.47. The number of nitrogens with zero attached hydrogens (tertiary/aromatic N) is 1. The van der Waals surface area contributed by atoms with Gasteiger partial charge in [0.25, 0.3) is 0 Å². The highest BCUT2D eigenvalue weighted by Gasteiger charge is 2.31. The van der Waals surface area contributed by atoms with Gasteiger partial charge in [0, 0.05) is 19.6 Å². The molecule has 0 N–H and O–H groups in total. The first-order chi connectivity index (χ1) is 12.2. The molecule has 0 unspecified atom stereocenters. The Bertz CT molecular complexity index is 648. The zero-order chi connectivity index (χ0) is 17.5. The highest BCUT2D eigenvalue weighted by Crippen LogP contribution is 2.28. The van der Waals surface area contributed by atoms with Crippen LogP contribution in [0.1, 0.15) is 32.3 Å². The molecule has 2 aromatic carbocycles. The van der Waals surface area contributed by atoms with Crippen LogP contribution in [-0.2, 0) is 6.42 Å². The van der Waals surface area contributed by atoms with Gasteiger partial charge in [-0.05, 0) is 49.9 Å². The predicted molar refractivity (Wildman–Crippen MR) is 102 cm³/mol. The molecule has 3 rings (SSSR count). The normalized spacial score (nSPS) is 17.2. The molecule has 0 aromatic heterocycles. The van der Waals surface area contributed by atoms with Gasteiger partial charge in [-0.1, -0.05) is 43.3 Å². The standard InChI is InChI=1S/C22H29NO2/c1-3-19-9-7-8-12-21(19)24-18-17-23-15-13-22(2,14-16-23)25-20-10-5-4-6-11-20/h4-12H,3,13-18H2,1-2H3. The fraction of sp³-hybridized carbons (Fsp3) is 0.455. The summed E-state index contributed by atoms with van der Waals surface area (Å²) in [6.45, 7) is 8.22. The second-order valence-corrected chi connectivity index (χ2v) is 7.02. The SMILES string of the molecule is CCc1ccccc1OCCN1CCC(C)(Oc2ccccc2)CC1. The van der Waals surface area contributed by atoms with E-state index in [4.69, 9.17) is 9.47 Å². The third-order valence-electron chi connectivity index (χ3n) is 5.04. The highest BCUT2D eigenvalue weighted by molar-refractivity contribution is 5.33. The largest absolute Gasteiger partial charge is 0.492 e. The van der Waals surface area contributed by atoms with E-state index in [0.717, 1.165) is 57.0 Å². The summed E-state index contributed by atoms with van der Waals surface area (Å²) in [5.74, 6) is 2.00. The topological polar surface area (TPSA) is 21.7 Å². The second kappa shape index (κ2) is 8.39. The van der Waals surface area contributed by atoms with Crippen molar-refractivity contribution in [2.75, 3.05) is 26.2 Å². The molecule has 0 atom stereocenters. The zero-order valence-corrected chi connectivity index (χ0v) is 15.4. The monoisotopic (exact) mass is 339 g/mol. The Labute approximate surface area is 151 Å². The second-order valence-electron chi connectivity index (χ2n) is 7.02. The van der Waals surface area contributed by atoms with Crippen molar-refractivity contribution < 1.29 is 9.47 Å². The van der Waals surface area contributed by atoms with Crippen LogP contribution in [0.4, 0.5) is 0 Å². The molecule has 1 heterocycles. The molecule has 0 bridgehead atoms. The Hall–Kier alpha value is -2.00. The third kappa shape index (κ3) is 4.99. The number of rotatable bonds is 7. The van der Waals surface area contributed by atoms with Crippen molar-refractivity contribution in [3.8, 4) is 11.5 Å². The van der Waals surface area contributed by atoms with Gasteiger partial charge in [0.05, 0.1) is 0 Å². The van der Waals surface area contributed by atoms with Crippen LogP contribution in [0.2, 0.25) is 0 Å². The average molecular weight is 339 g/mol. The number of likely N-dealkylation sites (tertiary alicyclic amines) is 1. The Kier molecular flexibility index (Phi) is 5.98. The van der Waals surface area contributed by atoms with Crippen molar-refractivity contribution in [3.63, 3.8) is 0 Å². The molecule has 1 saturated heterocycles. The van der Waals surface area contributed by atoms with Crippen molar-refractivity contribution in [1.29, 1.82) is 0 Å². The summed E-state index contributed by atoms with van der Waals surface area (Å²) >= 11 is 0. The van der Waals surface area contributed by atoms with Crippen molar-refractivity contribution in [3.05, 3.63) is 60.2 Å². The lowest BCUT2D eigenvalue weighted by molar-refractivity contribution is 0.0135. The maximum atomic E-state index is 6.24. The summed E-state index contributed by atoms with van der Waals surface area (Å²) in [6, 6.07) is 18.5. The summed E-state index contributed by atoms with van der Waals surface area (Å²) in [5, 5.41) is 0. The predicted octanol–water partition coefficient (Wildman–Crippen LogP) is 4.56. The lowest BCUT2D eigenvalue weighted by atomic mass is 9.93. The van der Waals surface area contributed by atoms with Gasteiger partial charge in [-0.15, -0.1) is 0 Å². The van der Waals surface area contributed by atoms with Gasteiger partial charge in [0.2, 0.25) is 0 Å². The van der Waals surface area contributed by atoms with Gasteiger partial charge in [-0.3, -0.25) is 4.90 Å². The summed E-state index contributed by atoms with van der Waals surface area (Å²) in [4.78, 5) is 2.48. The van der Waals surface area contributed by atoms with Crippen LogP contribution in [0, 0.1) is 0 Å². The fourth-order valence-corrected chi connectivity index (χ4v) is 3.35. The van der Waals surface area contributed by atoms with E-state index in [-0.39, 0.29) is 5.60 Å². The summed E-state index contributed by atoms with van der Waals surface area (Å²) < 4.78 is 12.2. The molecule has 0 spiro atoms. The number of para-hydroxylation sites is 2. The molecular weight excluding hydrogens is 310 g/mol. The van der Waals surface area contributed by atoms with E-state index < -0.39 is 0 Å². The van der Waals surface area contributed by atoms with Crippen molar-refractivity contribution in [2.24, 2.45) is 0 Å². The first-order valence-corrected chi connectivity index (χ1v) is 9.36. The van der Waals surface area contributed by atoms with Gasteiger partial charge in [0.15, 0.2) is 0 Å². The van der Waals surface area contributed by atoms with Crippen molar-refractivity contribution in [1.82, 2.24) is 4.90 Å². The van der Waals surface area contributed by atoms with Crippen LogP contribution >= 0.6 is 0 Å². The first-order valence-electron chi connectivity index (χ1n) is 9.36. The smallest absolute Gasteiger partial charge is 0.122 e. The van der Waals surface area contributed by atoms with Crippen molar-refractivity contribution >= 4 is 0 Å². The molecule has 0 saturated carbocycles. The van der Waals surface area contributed by atoms with Gasteiger partial charge in [-0.2, -0.15) is 0 Å². The van der Waals surface area contributed by atoms with E-state index in [1.807, 2.05) is 36.4 Å². The highest BCUT2D eigenvalue weighted by atomic mass is 16.5. The molecule has 25 heavy (non-hydrogen) atoms.